The van der Waals surface area contributed by atoms with E-state index in [1.54, 1.807) is 31.3 Å². The van der Waals surface area contributed by atoms with E-state index in [4.69, 9.17) is 0 Å². The molecule has 1 unspecified atom stereocenters. The van der Waals surface area contributed by atoms with Gasteiger partial charge in [-0.05, 0) is 51.3 Å². The van der Waals surface area contributed by atoms with E-state index in [0.717, 1.165) is 12.1 Å². The van der Waals surface area contributed by atoms with Crippen molar-refractivity contribution in [2.75, 3.05) is 19.3 Å². The first-order chi connectivity index (χ1) is 13.2. The van der Waals surface area contributed by atoms with Crippen molar-refractivity contribution >= 4 is 15.8 Å². The predicted octanol–water partition coefficient (Wildman–Crippen LogP) is 2.00. The van der Waals surface area contributed by atoms with Crippen LogP contribution in [0.3, 0.4) is 0 Å². The largest absolute Gasteiger partial charge is 0.356 e. The molecule has 1 aromatic carbocycles. The minimum atomic E-state index is -3.25. The van der Waals surface area contributed by atoms with Gasteiger partial charge in [0, 0.05) is 32.4 Å². The molecule has 1 heterocycles. The molecule has 28 heavy (non-hydrogen) atoms. The highest BCUT2D eigenvalue weighted by atomic mass is 32.2. The summed E-state index contributed by atoms with van der Waals surface area (Å²) >= 11 is 0. The van der Waals surface area contributed by atoms with Crippen LogP contribution >= 0.6 is 0 Å². The van der Waals surface area contributed by atoms with Crippen LogP contribution in [0.5, 0.6) is 0 Å². The molecular formula is C20H31N5O2S. The Labute approximate surface area is 168 Å². The standard InChI is InChI=1S/C20H31N5O2S/c1-15(14-19-16(2)24-25(5)17(19)3)23-20(21-4)22-12-9-13-28(26,27)18-10-7-6-8-11-18/h6-8,10-11,15H,9,12-14H2,1-5H3,(H2,21,22,23). The number of benzene rings is 1. The molecule has 0 radical (unpaired) electrons. The average molecular weight is 406 g/mol. The Balaban J connectivity index is 1.81. The molecule has 0 saturated heterocycles. The molecule has 7 nitrogen and oxygen atoms in total. The summed E-state index contributed by atoms with van der Waals surface area (Å²) in [5, 5.41) is 11.0. The molecular weight excluding hydrogens is 374 g/mol. The maximum Gasteiger partial charge on any atom is 0.191 e. The van der Waals surface area contributed by atoms with Crippen LogP contribution in [0.1, 0.15) is 30.3 Å². The number of aliphatic imine (C=N–C) groups is 1. The van der Waals surface area contributed by atoms with Gasteiger partial charge in [-0.3, -0.25) is 9.67 Å². The van der Waals surface area contributed by atoms with Gasteiger partial charge < -0.3 is 10.6 Å². The summed E-state index contributed by atoms with van der Waals surface area (Å²) in [5.41, 5.74) is 3.45. The Morgan fingerprint density at radius 2 is 1.93 bits per heavy atom. The van der Waals surface area contributed by atoms with Crippen molar-refractivity contribution in [3.05, 3.63) is 47.3 Å². The number of rotatable bonds is 8. The number of hydrogen-bond acceptors (Lipinski definition) is 4. The minimum absolute atomic E-state index is 0.102. The fraction of sp³-hybridized carbons (Fsp3) is 0.500. The number of nitrogens with one attached hydrogen (secondary N) is 2. The van der Waals surface area contributed by atoms with Gasteiger partial charge in [0.2, 0.25) is 0 Å². The van der Waals surface area contributed by atoms with E-state index in [9.17, 15) is 8.42 Å². The molecule has 8 heteroatoms. The van der Waals surface area contributed by atoms with Crippen molar-refractivity contribution in [1.82, 2.24) is 20.4 Å². The molecule has 2 aromatic rings. The molecule has 0 aliphatic rings. The number of sulfone groups is 1. The normalized spacial score (nSPS) is 13.4. The zero-order chi connectivity index (χ0) is 20.7. The van der Waals surface area contributed by atoms with Crippen LogP contribution in [-0.2, 0) is 23.3 Å². The van der Waals surface area contributed by atoms with Gasteiger partial charge in [0.05, 0.1) is 16.3 Å². The highest BCUT2D eigenvalue weighted by Crippen LogP contribution is 2.14. The number of nitrogens with zero attached hydrogens (tertiary/aromatic N) is 3. The van der Waals surface area contributed by atoms with Gasteiger partial charge in [0.15, 0.2) is 15.8 Å². The first-order valence-corrected chi connectivity index (χ1v) is 11.1. The quantitative estimate of drug-likeness (QED) is 0.398. The van der Waals surface area contributed by atoms with E-state index in [0.29, 0.717) is 23.8 Å². The van der Waals surface area contributed by atoms with Gasteiger partial charge in [-0.15, -0.1) is 0 Å². The molecule has 0 aliphatic heterocycles. The zero-order valence-corrected chi connectivity index (χ0v) is 18.2. The van der Waals surface area contributed by atoms with Crippen molar-refractivity contribution < 1.29 is 8.42 Å². The van der Waals surface area contributed by atoms with Gasteiger partial charge in [-0.25, -0.2) is 8.42 Å². The minimum Gasteiger partial charge on any atom is -0.356 e. The number of aromatic nitrogens is 2. The van der Waals surface area contributed by atoms with Gasteiger partial charge in [0.1, 0.15) is 0 Å². The van der Waals surface area contributed by atoms with Crippen LogP contribution in [0, 0.1) is 13.8 Å². The molecule has 154 valence electrons. The van der Waals surface area contributed by atoms with Crippen LogP contribution < -0.4 is 10.6 Å². The van der Waals surface area contributed by atoms with Crippen LogP contribution in [-0.4, -0.2) is 49.5 Å². The Morgan fingerprint density at radius 1 is 1.25 bits per heavy atom. The van der Waals surface area contributed by atoms with Gasteiger partial charge in [0.25, 0.3) is 0 Å². The van der Waals surface area contributed by atoms with E-state index in [2.05, 4.69) is 34.6 Å². The van der Waals surface area contributed by atoms with Crippen molar-refractivity contribution in [3.8, 4) is 0 Å². The third kappa shape index (κ3) is 5.82. The van der Waals surface area contributed by atoms with E-state index in [-0.39, 0.29) is 11.8 Å². The fourth-order valence-electron chi connectivity index (χ4n) is 3.11. The van der Waals surface area contributed by atoms with Crippen LogP contribution in [0.15, 0.2) is 40.2 Å². The summed E-state index contributed by atoms with van der Waals surface area (Å²) < 4.78 is 26.5. The summed E-state index contributed by atoms with van der Waals surface area (Å²) in [5.74, 6) is 0.772. The van der Waals surface area contributed by atoms with Crippen molar-refractivity contribution in [1.29, 1.82) is 0 Å². The molecule has 2 N–H and O–H groups in total. The lowest BCUT2D eigenvalue weighted by molar-refractivity contribution is 0.591. The number of guanidine groups is 1. The first kappa shape index (κ1) is 21.9. The first-order valence-electron chi connectivity index (χ1n) is 9.48. The van der Waals surface area contributed by atoms with Gasteiger partial charge in [-0.2, -0.15) is 5.10 Å². The molecule has 0 aliphatic carbocycles. The highest BCUT2D eigenvalue weighted by Gasteiger charge is 2.15. The van der Waals surface area contributed by atoms with Crippen LogP contribution in [0.4, 0.5) is 0 Å². The summed E-state index contributed by atoms with van der Waals surface area (Å²) in [6.07, 6.45) is 1.35. The summed E-state index contributed by atoms with van der Waals surface area (Å²) in [6.45, 7) is 6.72. The Morgan fingerprint density at radius 3 is 2.50 bits per heavy atom. The molecule has 0 saturated carbocycles. The zero-order valence-electron chi connectivity index (χ0n) is 17.4. The molecule has 0 bridgehead atoms. The topological polar surface area (TPSA) is 88.4 Å². The second-order valence-corrected chi connectivity index (χ2v) is 9.12. The summed E-state index contributed by atoms with van der Waals surface area (Å²) in [6, 6.07) is 8.72. The van der Waals surface area contributed by atoms with Gasteiger partial charge in [-0.1, -0.05) is 18.2 Å². The molecule has 2 rings (SSSR count). The van der Waals surface area contributed by atoms with Crippen molar-refractivity contribution in [3.63, 3.8) is 0 Å². The maximum atomic E-state index is 12.3. The van der Waals surface area contributed by atoms with E-state index >= 15 is 0 Å². The van der Waals surface area contributed by atoms with Gasteiger partial charge >= 0.3 is 0 Å². The molecule has 1 atom stereocenters. The third-order valence-corrected chi connectivity index (χ3v) is 6.58. The lowest BCUT2D eigenvalue weighted by Crippen LogP contribution is -2.43. The number of hydrogen-bond donors (Lipinski definition) is 2. The monoisotopic (exact) mass is 405 g/mol. The molecule has 0 spiro atoms. The smallest absolute Gasteiger partial charge is 0.191 e. The summed E-state index contributed by atoms with van der Waals surface area (Å²) in [4.78, 5) is 4.60. The number of aryl methyl sites for hydroxylation is 2. The predicted molar refractivity (Wildman–Crippen MR) is 113 cm³/mol. The SMILES string of the molecule is CN=C(NCCCS(=O)(=O)c1ccccc1)NC(C)Cc1c(C)nn(C)c1C. The van der Waals surface area contributed by atoms with Crippen molar-refractivity contribution in [2.45, 2.75) is 44.6 Å². The molecule has 0 fully saturated rings. The molecule has 0 amide bonds. The lowest BCUT2D eigenvalue weighted by atomic mass is 10.1. The average Bonchev–Trinajstić information content (AvgIpc) is 2.91. The Kier molecular flexibility index (Phi) is 7.62. The fourth-order valence-corrected chi connectivity index (χ4v) is 4.44. The molecule has 1 aromatic heterocycles. The van der Waals surface area contributed by atoms with Crippen molar-refractivity contribution in [2.24, 2.45) is 12.0 Å². The maximum absolute atomic E-state index is 12.3. The highest BCUT2D eigenvalue weighted by molar-refractivity contribution is 7.91. The van der Waals surface area contributed by atoms with Crippen LogP contribution in [0.2, 0.25) is 0 Å². The third-order valence-electron chi connectivity index (χ3n) is 4.76. The second kappa shape index (κ2) is 9.73. The summed E-state index contributed by atoms with van der Waals surface area (Å²) in [7, 11) is 0.418. The Hall–Kier alpha value is -2.35. The lowest BCUT2D eigenvalue weighted by Gasteiger charge is -2.18. The second-order valence-electron chi connectivity index (χ2n) is 7.01. The van der Waals surface area contributed by atoms with E-state index in [1.165, 1.54) is 11.3 Å². The van der Waals surface area contributed by atoms with Crippen LogP contribution in [0.25, 0.3) is 0 Å². The van der Waals surface area contributed by atoms with E-state index < -0.39 is 9.84 Å². The van der Waals surface area contributed by atoms with E-state index in [1.807, 2.05) is 24.7 Å². The Bertz CT molecular complexity index is 904.